The Bertz CT molecular complexity index is 718. The Balaban J connectivity index is 1.72. The third-order valence-corrected chi connectivity index (χ3v) is 4.55. The van der Waals surface area contributed by atoms with E-state index in [2.05, 4.69) is 15.6 Å². The number of halogens is 1. The van der Waals surface area contributed by atoms with E-state index in [1.54, 1.807) is 30.5 Å². The summed E-state index contributed by atoms with van der Waals surface area (Å²) in [7, 11) is 0. The molecule has 2 aromatic rings. The minimum Gasteiger partial charge on any atom is -0.388 e. The second-order valence-corrected chi connectivity index (χ2v) is 6.50. The van der Waals surface area contributed by atoms with Gasteiger partial charge in [-0.15, -0.1) is 0 Å². The molecule has 0 spiro atoms. The van der Waals surface area contributed by atoms with Gasteiger partial charge in [0.25, 0.3) is 0 Å². The smallest absolute Gasteiger partial charge is 0.315 e. The molecule has 25 heavy (non-hydrogen) atoms. The largest absolute Gasteiger partial charge is 0.388 e. The maximum Gasteiger partial charge on any atom is 0.315 e. The first kappa shape index (κ1) is 17.4. The highest BCUT2D eigenvalue weighted by Gasteiger charge is 2.31. The normalized spacial score (nSPS) is 17.0. The van der Waals surface area contributed by atoms with Crippen LogP contribution in [0.3, 0.4) is 0 Å². The summed E-state index contributed by atoms with van der Waals surface area (Å²) < 4.78 is 13.6. The Hall–Kier alpha value is -2.47. The number of amides is 2. The van der Waals surface area contributed by atoms with Crippen LogP contribution in [-0.4, -0.2) is 28.3 Å². The van der Waals surface area contributed by atoms with E-state index in [4.69, 9.17) is 0 Å². The topological polar surface area (TPSA) is 74.2 Å². The molecular weight excluding hydrogens is 321 g/mol. The molecule has 3 N–H and O–H groups in total. The van der Waals surface area contributed by atoms with E-state index in [1.165, 1.54) is 12.1 Å². The van der Waals surface area contributed by atoms with Crippen LogP contribution in [-0.2, 0) is 0 Å². The van der Waals surface area contributed by atoms with Gasteiger partial charge in [-0.1, -0.05) is 31.0 Å². The molecule has 1 aliphatic rings. The standard InChI is InChI=1S/C19H22FN3O2/c20-15-7-5-6-14(12-15)17(16-8-1-4-11-21-16)23-18(24)22-13-19(25)9-2-3-10-19/h1,4-8,11-12,17,25H,2-3,9-10,13H2,(H2,22,23,24). The molecule has 0 radical (unpaired) electrons. The first-order chi connectivity index (χ1) is 12.1. The third kappa shape index (κ3) is 4.54. The molecule has 6 heteroatoms. The maximum atomic E-state index is 13.6. The number of aromatic nitrogens is 1. The zero-order valence-corrected chi connectivity index (χ0v) is 13.9. The first-order valence-electron chi connectivity index (χ1n) is 8.49. The quantitative estimate of drug-likeness (QED) is 0.781. The number of nitrogens with zero attached hydrogens (tertiary/aromatic N) is 1. The predicted molar refractivity (Wildman–Crippen MR) is 92.4 cm³/mol. The van der Waals surface area contributed by atoms with Crippen molar-refractivity contribution in [1.29, 1.82) is 0 Å². The van der Waals surface area contributed by atoms with E-state index < -0.39 is 17.7 Å². The van der Waals surface area contributed by atoms with E-state index in [-0.39, 0.29) is 12.4 Å². The van der Waals surface area contributed by atoms with Gasteiger partial charge in [-0.25, -0.2) is 9.18 Å². The highest BCUT2D eigenvalue weighted by Crippen LogP contribution is 2.28. The van der Waals surface area contributed by atoms with Crippen LogP contribution in [0.1, 0.15) is 43.0 Å². The number of urea groups is 1. The highest BCUT2D eigenvalue weighted by atomic mass is 19.1. The van der Waals surface area contributed by atoms with Gasteiger partial charge < -0.3 is 15.7 Å². The Morgan fingerprint density at radius 1 is 1.24 bits per heavy atom. The molecule has 0 saturated heterocycles. The van der Waals surface area contributed by atoms with E-state index >= 15 is 0 Å². The van der Waals surface area contributed by atoms with Crippen LogP contribution < -0.4 is 10.6 Å². The summed E-state index contributed by atoms with van der Waals surface area (Å²) in [6.07, 6.45) is 4.96. The second-order valence-electron chi connectivity index (χ2n) is 6.50. The van der Waals surface area contributed by atoms with Gasteiger partial charge in [0.05, 0.1) is 17.3 Å². The van der Waals surface area contributed by atoms with Gasteiger partial charge in [0, 0.05) is 12.7 Å². The third-order valence-electron chi connectivity index (χ3n) is 4.55. The molecule has 1 fully saturated rings. The first-order valence-corrected chi connectivity index (χ1v) is 8.49. The molecule has 1 unspecified atom stereocenters. The van der Waals surface area contributed by atoms with Gasteiger partial charge in [0.15, 0.2) is 0 Å². The van der Waals surface area contributed by atoms with Crippen molar-refractivity contribution in [2.45, 2.75) is 37.3 Å². The van der Waals surface area contributed by atoms with Crippen molar-refractivity contribution in [2.75, 3.05) is 6.54 Å². The number of hydrogen-bond donors (Lipinski definition) is 3. The van der Waals surface area contributed by atoms with E-state index in [0.29, 0.717) is 24.1 Å². The molecule has 0 bridgehead atoms. The SMILES string of the molecule is O=C(NCC1(O)CCCC1)NC(c1cccc(F)c1)c1ccccn1. The van der Waals surface area contributed by atoms with Crippen LogP contribution in [0, 0.1) is 5.82 Å². The molecule has 1 aliphatic carbocycles. The summed E-state index contributed by atoms with van der Waals surface area (Å²) in [5.74, 6) is -0.374. The summed E-state index contributed by atoms with van der Waals surface area (Å²) in [4.78, 5) is 16.6. The number of carbonyl (C=O) groups is 1. The van der Waals surface area contributed by atoms with Crippen molar-refractivity contribution in [1.82, 2.24) is 15.6 Å². The van der Waals surface area contributed by atoms with Crippen LogP contribution in [0.4, 0.5) is 9.18 Å². The number of pyridine rings is 1. The molecule has 1 heterocycles. The lowest BCUT2D eigenvalue weighted by Gasteiger charge is -2.24. The molecule has 132 valence electrons. The van der Waals surface area contributed by atoms with Crippen LogP contribution in [0.2, 0.25) is 0 Å². The Morgan fingerprint density at radius 3 is 2.72 bits per heavy atom. The minimum absolute atomic E-state index is 0.205. The van der Waals surface area contributed by atoms with Gasteiger partial charge in [-0.3, -0.25) is 4.98 Å². The molecule has 2 amide bonds. The fourth-order valence-electron chi connectivity index (χ4n) is 3.20. The van der Waals surface area contributed by atoms with Crippen LogP contribution in [0.15, 0.2) is 48.7 Å². The van der Waals surface area contributed by atoms with Gasteiger partial charge in [0.1, 0.15) is 5.82 Å². The minimum atomic E-state index is -0.823. The second kappa shape index (κ2) is 7.61. The van der Waals surface area contributed by atoms with E-state index in [0.717, 1.165) is 12.8 Å². The maximum absolute atomic E-state index is 13.6. The van der Waals surface area contributed by atoms with E-state index in [9.17, 15) is 14.3 Å². The van der Waals surface area contributed by atoms with Crippen LogP contribution in [0.5, 0.6) is 0 Å². The lowest BCUT2D eigenvalue weighted by molar-refractivity contribution is 0.0500. The Morgan fingerprint density at radius 2 is 2.04 bits per heavy atom. The lowest BCUT2D eigenvalue weighted by Crippen LogP contribution is -2.46. The van der Waals surface area contributed by atoms with Crippen molar-refractivity contribution in [3.8, 4) is 0 Å². The Kier molecular flexibility index (Phi) is 5.28. The fraction of sp³-hybridized carbons (Fsp3) is 0.368. The summed E-state index contributed by atoms with van der Waals surface area (Å²) in [5, 5.41) is 15.9. The molecule has 3 rings (SSSR count). The average molecular weight is 343 g/mol. The lowest BCUT2D eigenvalue weighted by atomic mass is 10.0. The van der Waals surface area contributed by atoms with Gasteiger partial charge in [-0.05, 0) is 42.7 Å². The molecule has 1 atom stereocenters. The number of hydrogen-bond acceptors (Lipinski definition) is 3. The molecule has 0 aliphatic heterocycles. The molecule has 1 saturated carbocycles. The fourth-order valence-corrected chi connectivity index (χ4v) is 3.20. The van der Waals surface area contributed by atoms with Gasteiger partial charge in [0.2, 0.25) is 0 Å². The van der Waals surface area contributed by atoms with Crippen LogP contribution >= 0.6 is 0 Å². The Labute approximate surface area is 146 Å². The van der Waals surface area contributed by atoms with Crippen molar-refractivity contribution in [3.63, 3.8) is 0 Å². The summed E-state index contributed by atoms with van der Waals surface area (Å²) >= 11 is 0. The summed E-state index contributed by atoms with van der Waals surface area (Å²) in [6, 6.07) is 10.5. The monoisotopic (exact) mass is 343 g/mol. The average Bonchev–Trinajstić information content (AvgIpc) is 3.06. The van der Waals surface area contributed by atoms with E-state index in [1.807, 2.05) is 6.07 Å². The molecule has 1 aromatic carbocycles. The summed E-state index contributed by atoms with van der Waals surface area (Å²) in [5.41, 5.74) is 0.396. The zero-order valence-electron chi connectivity index (χ0n) is 13.9. The van der Waals surface area contributed by atoms with Gasteiger partial charge in [-0.2, -0.15) is 0 Å². The number of rotatable bonds is 5. The number of nitrogens with one attached hydrogen (secondary N) is 2. The molecular formula is C19H22FN3O2. The van der Waals surface area contributed by atoms with Crippen LogP contribution in [0.25, 0.3) is 0 Å². The van der Waals surface area contributed by atoms with Crippen molar-refractivity contribution < 1.29 is 14.3 Å². The predicted octanol–water partition coefficient (Wildman–Crippen LogP) is 2.91. The molecule has 5 nitrogen and oxygen atoms in total. The zero-order chi connectivity index (χ0) is 17.7. The van der Waals surface area contributed by atoms with Crippen molar-refractivity contribution >= 4 is 6.03 Å². The number of carbonyl (C=O) groups excluding carboxylic acids is 1. The van der Waals surface area contributed by atoms with Crippen molar-refractivity contribution in [3.05, 3.63) is 65.7 Å². The number of aliphatic hydroxyl groups is 1. The van der Waals surface area contributed by atoms with Gasteiger partial charge >= 0.3 is 6.03 Å². The molecule has 1 aromatic heterocycles. The number of benzene rings is 1. The summed E-state index contributed by atoms with van der Waals surface area (Å²) in [6.45, 7) is 0.205. The van der Waals surface area contributed by atoms with Crippen molar-refractivity contribution in [2.24, 2.45) is 0 Å². The highest BCUT2D eigenvalue weighted by molar-refractivity contribution is 5.75.